The number of carbonyl (C=O) groups excluding carboxylic acids is 2. The normalized spacial score (nSPS) is 11.3. The second-order valence-corrected chi connectivity index (χ2v) is 8.76. The van der Waals surface area contributed by atoms with Gasteiger partial charge in [-0.15, -0.1) is 23.1 Å². The number of ketones is 2. The van der Waals surface area contributed by atoms with Crippen LogP contribution in [0.4, 0.5) is 0 Å². The number of Topliss-reactive ketones (excluding diaryl/α,β-unsaturated/α-hetero) is 2. The van der Waals surface area contributed by atoms with E-state index in [1.54, 1.807) is 13.8 Å². The van der Waals surface area contributed by atoms with Crippen LogP contribution in [0.3, 0.4) is 0 Å². The summed E-state index contributed by atoms with van der Waals surface area (Å²) in [5.74, 6) is 1.12. The second-order valence-electron chi connectivity index (χ2n) is 6.57. The Morgan fingerprint density at radius 1 is 1.11 bits per heavy atom. The molecule has 0 unspecified atom stereocenters. The largest absolute Gasteiger partial charge is 0.355 e. The number of thiophene rings is 1. The molecule has 0 fully saturated rings. The molecule has 0 spiro atoms. The van der Waals surface area contributed by atoms with Gasteiger partial charge in [-0.25, -0.2) is 4.98 Å². The molecule has 3 heterocycles. The van der Waals surface area contributed by atoms with Crippen molar-refractivity contribution >= 4 is 44.9 Å². The molecule has 6 nitrogen and oxygen atoms in total. The molecule has 0 aliphatic rings. The molecule has 3 aromatic rings. The molecule has 0 aliphatic heterocycles. The van der Waals surface area contributed by atoms with Gasteiger partial charge in [0.1, 0.15) is 10.7 Å². The number of hydrogen-bond acceptors (Lipinski definition) is 6. The molecular formula is C19H21N3O3S2. The van der Waals surface area contributed by atoms with Gasteiger partial charge in [-0.3, -0.25) is 14.4 Å². The highest BCUT2D eigenvalue weighted by atomic mass is 32.2. The molecule has 0 bridgehead atoms. The first-order chi connectivity index (χ1) is 12.7. The Morgan fingerprint density at radius 3 is 2.44 bits per heavy atom. The summed E-state index contributed by atoms with van der Waals surface area (Å²) < 4.78 is 0. The van der Waals surface area contributed by atoms with Crippen LogP contribution in [0.2, 0.25) is 0 Å². The van der Waals surface area contributed by atoms with Gasteiger partial charge in [-0.1, -0.05) is 0 Å². The molecule has 3 rings (SSSR count). The maximum Gasteiger partial charge on any atom is 0.259 e. The Balaban J connectivity index is 1.73. The molecule has 27 heavy (non-hydrogen) atoms. The molecule has 0 atom stereocenters. The maximum absolute atomic E-state index is 12.5. The summed E-state index contributed by atoms with van der Waals surface area (Å²) in [6, 6.07) is 0. The van der Waals surface area contributed by atoms with Crippen molar-refractivity contribution in [3.8, 4) is 0 Å². The second kappa shape index (κ2) is 7.44. The van der Waals surface area contributed by atoms with E-state index >= 15 is 0 Å². The first-order valence-corrected chi connectivity index (χ1v) is 10.5. The first kappa shape index (κ1) is 19.6. The zero-order valence-electron chi connectivity index (χ0n) is 15.9. The standard InChI is InChI=1S/C19H21N3O3S2/c1-8-12(5)27-19-16(8)18(25)21-14(22-19)7-26-6-13(24)17-9(2)15(11(4)23)10(3)20-17/h20H,6-7H2,1-5H3,(H,21,22,25). The molecule has 0 saturated heterocycles. The number of rotatable bonds is 6. The number of nitrogens with zero attached hydrogens (tertiary/aromatic N) is 1. The quantitative estimate of drug-likeness (QED) is 0.609. The van der Waals surface area contributed by atoms with Gasteiger partial charge in [0, 0.05) is 16.1 Å². The minimum absolute atomic E-state index is 0.0513. The lowest BCUT2D eigenvalue weighted by Gasteiger charge is -2.02. The number of carbonyl (C=O) groups is 2. The van der Waals surface area contributed by atoms with Crippen molar-refractivity contribution in [3.05, 3.63) is 49.1 Å². The molecule has 0 radical (unpaired) electrons. The summed E-state index contributed by atoms with van der Waals surface area (Å²) in [6.45, 7) is 8.98. The van der Waals surface area contributed by atoms with Crippen LogP contribution in [-0.2, 0) is 5.75 Å². The van der Waals surface area contributed by atoms with Gasteiger partial charge in [0.15, 0.2) is 11.6 Å². The third kappa shape index (κ3) is 3.64. The van der Waals surface area contributed by atoms with E-state index < -0.39 is 0 Å². The molecular weight excluding hydrogens is 382 g/mol. The number of aryl methyl sites for hydroxylation is 3. The fourth-order valence-electron chi connectivity index (χ4n) is 3.24. The van der Waals surface area contributed by atoms with E-state index in [2.05, 4.69) is 15.0 Å². The van der Waals surface area contributed by atoms with E-state index in [0.717, 1.165) is 15.3 Å². The van der Waals surface area contributed by atoms with Crippen LogP contribution in [0, 0.1) is 27.7 Å². The molecule has 0 saturated carbocycles. The highest BCUT2D eigenvalue weighted by molar-refractivity contribution is 7.99. The number of aromatic amines is 2. The Kier molecular flexibility index (Phi) is 5.39. The average Bonchev–Trinajstić information content (AvgIpc) is 3.03. The summed E-state index contributed by atoms with van der Waals surface area (Å²) in [5, 5.41) is 0.650. The highest BCUT2D eigenvalue weighted by Gasteiger charge is 2.20. The van der Waals surface area contributed by atoms with Crippen molar-refractivity contribution in [2.45, 2.75) is 40.4 Å². The number of nitrogens with one attached hydrogen (secondary N) is 2. The van der Waals surface area contributed by atoms with Crippen LogP contribution in [0.15, 0.2) is 4.79 Å². The Hall–Kier alpha value is -2.19. The highest BCUT2D eigenvalue weighted by Crippen LogP contribution is 2.26. The summed E-state index contributed by atoms with van der Waals surface area (Å²) in [6.07, 6.45) is 0. The van der Waals surface area contributed by atoms with Crippen molar-refractivity contribution in [1.82, 2.24) is 15.0 Å². The zero-order chi connectivity index (χ0) is 19.9. The Labute approximate surface area is 164 Å². The summed E-state index contributed by atoms with van der Waals surface area (Å²) >= 11 is 2.90. The van der Waals surface area contributed by atoms with E-state index in [1.807, 2.05) is 13.8 Å². The van der Waals surface area contributed by atoms with E-state index in [9.17, 15) is 14.4 Å². The van der Waals surface area contributed by atoms with E-state index in [1.165, 1.54) is 30.0 Å². The topological polar surface area (TPSA) is 95.7 Å². The number of hydrogen-bond donors (Lipinski definition) is 2. The van der Waals surface area contributed by atoms with Gasteiger partial charge < -0.3 is 9.97 Å². The van der Waals surface area contributed by atoms with Gasteiger partial charge >= 0.3 is 0 Å². The van der Waals surface area contributed by atoms with Gasteiger partial charge in [0.2, 0.25) is 0 Å². The molecule has 0 aromatic carbocycles. The molecule has 142 valence electrons. The smallest absolute Gasteiger partial charge is 0.259 e. The molecule has 3 aromatic heterocycles. The van der Waals surface area contributed by atoms with Crippen molar-refractivity contribution in [2.75, 3.05) is 5.75 Å². The van der Waals surface area contributed by atoms with Crippen LogP contribution in [0.25, 0.3) is 10.2 Å². The lowest BCUT2D eigenvalue weighted by atomic mass is 10.1. The molecule has 0 amide bonds. The molecule has 2 N–H and O–H groups in total. The summed E-state index contributed by atoms with van der Waals surface area (Å²) in [7, 11) is 0. The number of aromatic nitrogens is 3. The van der Waals surface area contributed by atoms with Gasteiger partial charge in [-0.2, -0.15) is 0 Å². The monoisotopic (exact) mass is 403 g/mol. The lowest BCUT2D eigenvalue weighted by Crippen LogP contribution is -2.11. The van der Waals surface area contributed by atoms with Gasteiger partial charge in [0.05, 0.1) is 22.6 Å². The minimum atomic E-state index is -0.134. The first-order valence-electron chi connectivity index (χ1n) is 8.50. The van der Waals surface area contributed by atoms with Gasteiger partial charge in [0.25, 0.3) is 5.56 Å². The summed E-state index contributed by atoms with van der Waals surface area (Å²) in [4.78, 5) is 48.7. The zero-order valence-corrected chi connectivity index (χ0v) is 17.5. The molecule has 8 heteroatoms. The Morgan fingerprint density at radius 2 is 1.81 bits per heavy atom. The maximum atomic E-state index is 12.5. The number of fused-ring (bicyclic) bond motifs is 1. The lowest BCUT2D eigenvalue weighted by molar-refractivity contribution is 0.101. The SMILES string of the molecule is CC(=O)c1c(C)[nH]c(C(=O)CSCc2nc3sc(C)c(C)c3c(=O)[nH]2)c1C. The molecule has 0 aliphatic carbocycles. The van der Waals surface area contributed by atoms with E-state index in [-0.39, 0.29) is 22.9 Å². The predicted molar refractivity (Wildman–Crippen MR) is 110 cm³/mol. The van der Waals surface area contributed by atoms with Crippen LogP contribution >= 0.6 is 23.1 Å². The van der Waals surface area contributed by atoms with Crippen LogP contribution in [0.5, 0.6) is 0 Å². The van der Waals surface area contributed by atoms with Gasteiger partial charge in [-0.05, 0) is 45.7 Å². The van der Waals surface area contributed by atoms with Crippen molar-refractivity contribution < 1.29 is 9.59 Å². The third-order valence-electron chi connectivity index (χ3n) is 4.63. The van der Waals surface area contributed by atoms with E-state index in [4.69, 9.17) is 0 Å². The van der Waals surface area contributed by atoms with Crippen LogP contribution in [0.1, 0.15) is 55.3 Å². The minimum Gasteiger partial charge on any atom is -0.355 e. The predicted octanol–water partition coefficient (Wildman–Crippen LogP) is 3.87. The average molecular weight is 404 g/mol. The van der Waals surface area contributed by atoms with Crippen LogP contribution < -0.4 is 5.56 Å². The van der Waals surface area contributed by atoms with Crippen molar-refractivity contribution in [1.29, 1.82) is 0 Å². The van der Waals surface area contributed by atoms with E-state index in [0.29, 0.717) is 39.5 Å². The van der Waals surface area contributed by atoms with Crippen molar-refractivity contribution in [3.63, 3.8) is 0 Å². The van der Waals surface area contributed by atoms with Crippen LogP contribution in [-0.4, -0.2) is 32.3 Å². The fourth-order valence-corrected chi connectivity index (χ4v) is 5.05. The summed E-state index contributed by atoms with van der Waals surface area (Å²) in [5.41, 5.74) is 3.31. The third-order valence-corrected chi connectivity index (χ3v) is 6.67. The van der Waals surface area contributed by atoms with Crippen molar-refractivity contribution in [2.24, 2.45) is 0 Å². The Bertz CT molecular complexity index is 1120. The fraction of sp³-hybridized carbons (Fsp3) is 0.368. The number of H-pyrrole nitrogens is 2. The number of thioether (sulfide) groups is 1.